The van der Waals surface area contributed by atoms with Crippen LogP contribution in [0.4, 0.5) is 5.69 Å². The molecule has 1 atom stereocenters. The highest BCUT2D eigenvalue weighted by molar-refractivity contribution is 7.88. The SMILES string of the molecule is CC[C@H](C)NC(=O)c1ccccc1NC(=O)C1CCN(S(=O)(=O)Cc2cccc(Cl)c2)CC1. The van der Waals surface area contributed by atoms with Crippen LogP contribution in [0.15, 0.2) is 48.5 Å². The maximum Gasteiger partial charge on any atom is 0.253 e. The molecule has 0 radical (unpaired) electrons. The molecule has 3 rings (SSSR count). The standard InChI is InChI=1S/C24H30ClN3O4S/c1-3-17(2)26-24(30)21-9-4-5-10-22(21)27-23(29)19-11-13-28(14-12-19)33(31,32)16-18-7-6-8-20(25)15-18/h4-10,15,17,19H,3,11-14,16H2,1-2H3,(H,26,30)(H,27,29)/t17-/m0/s1. The summed E-state index contributed by atoms with van der Waals surface area (Å²) in [6.45, 7) is 4.46. The second-order valence-corrected chi connectivity index (χ2v) is 10.8. The predicted octanol–water partition coefficient (Wildman–Crippen LogP) is 4.05. The van der Waals surface area contributed by atoms with Crippen LogP contribution >= 0.6 is 11.6 Å². The van der Waals surface area contributed by atoms with Crippen LogP contribution in [0.25, 0.3) is 0 Å². The average Bonchev–Trinajstić information content (AvgIpc) is 2.79. The van der Waals surface area contributed by atoms with Gasteiger partial charge >= 0.3 is 0 Å². The van der Waals surface area contributed by atoms with Crippen molar-refractivity contribution in [2.75, 3.05) is 18.4 Å². The highest BCUT2D eigenvalue weighted by Gasteiger charge is 2.31. The lowest BCUT2D eigenvalue weighted by Gasteiger charge is -2.30. The summed E-state index contributed by atoms with van der Waals surface area (Å²) in [5.74, 6) is -0.885. The number of anilines is 1. The highest BCUT2D eigenvalue weighted by atomic mass is 35.5. The second kappa shape index (κ2) is 11.1. The molecule has 1 aliphatic rings. The van der Waals surface area contributed by atoms with Gasteiger partial charge in [-0.05, 0) is 56.0 Å². The Hall–Kier alpha value is -2.42. The lowest BCUT2D eigenvalue weighted by Crippen LogP contribution is -2.42. The monoisotopic (exact) mass is 491 g/mol. The van der Waals surface area contributed by atoms with Crippen molar-refractivity contribution in [3.63, 3.8) is 0 Å². The van der Waals surface area contributed by atoms with Crippen molar-refractivity contribution in [2.24, 2.45) is 5.92 Å². The highest BCUT2D eigenvalue weighted by Crippen LogP contribution is 2.25. The number of benzene rings is 2. The van der Waals surface area contributed by atoms with Gasteiger partial charge in [-0.1, -0.05) is 42.8 Å². The Morgan fingerprint density at radius 1 is 1.12 bits per heavy atom. The molecular weight excluding hydrogens is 462 g/mol. The molecule has 0 aromatic heterocycles. The van der Waals surface area contributed by atoms with Gasteiger partial charge in [0, 0.05) is 30.1 Å². The number of sulfonamides is 1. The smallest absolute Gasteiger partial charge is 0.253 e. The first-order chi connectivity index (χ1) is 15.7. The Kier molecular flexibility index (Phi) is 8.51. The van der Waals surface area contributed by atoms with E-state index in [4.69, 9.17) is 11.6 Å². The number of para-hydroxylation sites is 1. The fourth-order valence-electron chi connectivity index (χ4n) is 3.75. The first kappa shape index (κ1) is 25.2. The van der Waals surface area contributed by atoms with E-state index in [0.29, 0.717) is 34.7 Å². The molecule has 2 aromatic carbocycles. The number of amides is 2. The van der Waals surface area contributed by atoms with E-state index in [1.807, 2.05) is 13.8 Å². The number of nitrogens with zero attached hydrogens (tertiary/aromatic N) is 1. The third kappa shape index (κ3) is 6.79. The van der Waals surface area contributed by atoms with E-state index in [0.717, 1.165) is 6.42 Å². The molecule has 33 heavy (non-hydrogen) atoms. The van der Waals surface area contributed by atoms with Gasteiger partial charge in [-0.3, -0.25) is 9.59 Å². The normalized spacial score (nSPS) is 16.2. The van der Waals surface area contributed by atoms with Crippen molar-refractivity contribution in [1.82, 2.24) is 9.62 Å². The summed E-state index contributed by atoms with van der Waals surface area (Å²) >= 11 is 5.96. The van der Waals surface area contributed by atoms with Crippen molar-refractivity contribution in [2.45, 2.75) is 44.9 Å². The van der Waals surface area contributed by atoms with Crippen molar-refractivity contribution in [3.05, 3.63) is 64.7 Å². The molecule has 7 nitrogen and oxygen atoms in total. The minimum atomic E-state index is -3.50. The van der Waals surface area contributed by atoms with Crippen LogP contribution in [0, 0.1) is 5.92 Å². The Morgan fingerprint density at radius 3 is 2.48 bits per heavy atom. The Labute approximate surface area is 200 Å². The second-order valence-electron chi connectivity index (χ2n) is 8.38. The van der Waals surface area contributed by atoms with E-state index < -0.39 is 10.0 Å². The molecule has 0 saturated carbocycles. The molecule has 0 spiro atoms. The number of hydrogen-bond acceptors (Lipinski definition) is 4. The minimum absolute atomic E-state index is 0.0273. The van der Waals surface area contributed by atoms with Gasteiger partial charge in [0.25, 0.3) is 5.91 Å². The third-order valence-corrected chi connectivity index (χ3v) is 7.96. The largest absolute Gasteiger partial charge is 0.350 e. The van der Waals surface area contributed by atoms with Crippen molar-refractivity contribution in [1.29, 1.82) is 0 Å². The molecule has 1 saturated heterocycles. The van der Waals surface area contributed by atoms with Crippen LogP contribution in [-0.2, 0) is 20.6 Å². The zero-order valence-electron chi connectivity index (χ0n) is 18.9. The van der Waals surface area contributed by atoms with Gasteiger partial charge in [-0.2, -0.15) is 0 Å². The maximum atomic E-state index is 12.9. The molecule has 2 aromatic rings. The molecule has 178 valence electrons. The molecule has 2 N–H and O–H groups in total. The van der Waals surface area contributed by atoms with Crippen LogP contribution < -0.4 is 10.6 Å². The summed E-state index contributed by atoms with van der Waals surface area (Å²) < 4.78 is 27.0. The minimum Gasteiger partial charge on any atom is -0.350 e. The van der Waals surface area contributed by atoms with Crippen LogP contribution in [-0.4, -0.2) is 43.7 Å². The average molecular weight is 492 g/mol. The molecule has 2 amide bonds. The van der Waals surface area contributed by atoms with E-state index in [2.05, 4.69) is 10.6 Å². The Balaban J connectivity index is 1.59. The number of hydrogen-bond donors (Lipinski definition) is 2. The Bertz CT molecular complexity index is 1100. The van der Waals surface area contributed by atoms with Gasteiger partial charge in [-0.25, -0.2) is 12.7 Å². The fourth-order valence-corrected chi connectivity index (χ4v) is 5.52. The van der Waals surface area contributed by atoms with E-state index in [9.17, 15) is 18.0 Å². The maximum absolute atomic E-state index is 12.9. The van der Waals surface area contributed by atoms with E-state index in [1.54, 1.807) is 48.5 Å². The predicted molar refractivity (Wildman–Crippen MR) is 131 cm³/mol. The zero-order valence-corrected chi connectivity index (χ0v) is 20.5. The van der Waals surface area contributed by atoms with Crippen LogP contribution in [0.2, 0.25) is 5.02 Å². The van der Waals surface area contributed by atoms with E-state index >= 15 is 0 Å². The number of piperidine rings is 1. The van der Waals surface area contributed by atoms with Gasteiger partial charge in [0.1, 0.15) is 0 Å². The molecule has 1 heterocycles. The van der Waals surface area contributed by atoms with E-state index in [1.165, 1.54) is 4.31 Å². The lowest BCUT2D eigenvalue weighted by atomic mass is 9.97. The number of carbonyl (C=O) groups is 2. The summed E-state index contributed by atoms with van der Waals surface area (Å²) in [6.07, 6.45) is 1.64. The van der Waals surface area contributed by atoms with Crippen molar-refractivity contribution < 1.29 is 18.0 Å². The molecular formula is C24H30ClN3O4S. The molecule has 1 aliphatic heterocycles. The van der Waals surface area contributed by atoms with Gasteiger partial charge in [0.2, 0.25) is 15.9 Å². The number of halogens is 1. The van der Waals surface area contributed by atoms with Crippen LogP contribution in [0.5, 0.6) is 0 Å². The van der Waals surface area contributed by atoms with Gasteiger partial charge in [0.15, 0.2) is 0 Å². The first-order valence-electron chi connectivity index (χ1n) is 11.1. The summed E-state index contributed by atoms with van der Waals surface area (Å²) in [5, 5.41) is 6.28. The van der Waals surface area contributed by atoms with Gasteiger partial charge < -0.3 is 10.6 Å². The van der Waals surface area contributed by atoms with E-state index in [-0.39, 0.29) is 42.6 Å². The molecule has 1 fully saturated rings. The Morgan fingerprint density at radius 2 is 1.82 bits per heavy atom. The summed E-state index contributed by atoms with van der Waals surface area (Å²) in [7, 11) is -3.50. The molecule has 9 heteroatoms. The number of carbonyl (C=O) groups excluding carboxylic acids is 2. The fraction of sp³-hybridized carbons (Fsp3) is 0.417. The topological polar surface area (TPSA) is 95.6 Å². The van der Waals surface area contributed by atoms with Gasteiger partial charge in [-0.15, -0.1) is 0 Å². The van der Waals surface area contributed by atoms with Crippen LogP contribution in [0.3, 0.4) is 0 Å². The van der Waals surface area contributed by atoms with Crippen molar-refractivity contribution in [3.8, 4) is 0 Å². The lowest BCUT2D eigenvalue weighted by molar-refractivity contribution is -0.120. The number of rotatable bonds is 8. The summed E-state index contributed by atoms with van der Waals surface area (Å²) in [4.78, 5) is 25.5. The summed E-state index contributed by atoms with van der Waals surface area (Å²) in [5.41, 5.74) is 1.50. The molecule has 0 bridgehead atoms. The quantitative estimate of drug-likeness (QED) is 0.582. The summed E-state index contributed by atoms with van der Waals surface area (Å²) in [6, 6.07) is 13.7. The third-order valence-electron chi connectivity index (χ3n) is 5.88. The molecule has 0 aliphatic carbocycles. The zero-order chi connectivity index (χ0) is 24.0. The van der Waals surface area contributed by atoms with Crippen molar-refractivity contribution >= 4 is 39.1 Å². The molecule has 0 unspecified atom stereocenters. The van der Waals surface area contributed by atoms with Crippen LogP contribution in [0.1, 0.15) is 49.0 Å². The first-order valence-corrected chi connectivity index (χ1v) is 13.1. The number of nitrogens with one attached hydrogen (secondary N) is 2. The van der Waals surface area contributed by atoms with Gasteiger partial charge in [0.05, 0.1) is 17.0 Å².